The second-order valence-corrected chi connectivity index (χ2v) is 11.5. The molecular formula is C25H17Cl4N3O2S2. The fraction of sp³-hybridized carbons (Fsp3) is 0.0800. The van der Waals surface area contributed by atoms with Gasteiger partial charge in [-0.05, 0) is 67.6 Å². The van der Waals surface area contributed by atoms with E-state index in [4.69, 9.17) is 46.4 Å². The molecule has 2 amide bonds. The van der Waals surface area contributed by atoms with Gasteiger partial charge >= 0.3 is 0 Å². The number of hydrogen-bond donors (Lipinski definition) is 2. The largest absolute Gasteiger partial charge is 0.322 e. The summed E-state index contributed by atoms with van der Waals surface area (Å²) in [5, 5.41) is 9.33. The molecule has 0 saturated heterocycles. The molecule has 11 heteroatoms. The highest BCUT2D eigenvalue weighted by molar-refractivity contribution is 8.00. The van der Waals surface area contributed by atoms with Crippen molar-refractivity contribution < 1.29 is 9.59 Å². The normalized spacial score (nSPS) is 11.7. The molecule has 1 heterocycles. The summed E-state index contributed by atoms with van der Waals surface area (Å²) in [6.07, 6.45) is 0. The number of aromatic nitrogens is 1. The van der Waals surface area contributed by atoms with E-state index < -0.39 is 0 Å². The standard InChI is InChI=1S/C25H17Cl4N3O2S2/c1-13(23(33)32-25-31-22(12-35-25)18-8-2-14(26)10-20(18)28)36-17-6-4-16(5-7-17)30-24(34)19-9-3-15(27)11-21(19)29/h2-13H,1H3,(H,30,34)(H,31,32,33). The number of benzene rings is 3. The molecule has 0 radical (unpaired) electrons. The number of nitrogens with zero attached hydrogens (tertiary/aromatic N) is 1. The van der Waals surface area contributed by atoms with Gasteiger partial charge in [0.15, 0.2) is 5.13 Å². The number of anilines is 2. The Balaban J connectivity index is 1.34. The van der Waals surface area contributed by atoms with Crippen molar-refractivity contribution in [3.63, 3.8) is 0 Å². The van der Waals surface area contributed by atoms with Crippen molar-refractivity contribution in [2.75, 3.05) is 10.6 Å². The lowest BCUT2D eigenvalue weighted by Crippen LogP contribution is -2.22. The van der Waals surface area contributed by atoms with Crippen LogP contribution in [0.5, 0.6) is 0 Å². The lowest BCUT2D eigenvalue weighted by Gasteiger charge is -2.11. The number of halogens is 4. The van der Waals surface area contributed by atoms with E-state index in [1.165, 1.54) is 29.2 Å². The number of thioether (sulfide) groups is 1. The Morgan fingerprint density at radius 3 is 2.22 bits per heavy atom. The van der Waals surface area contributed by atoms with Crippen molar-refractivity contribution in [2.24, 2.45) is 0 Å². The van der Waals surface area contributed by atoms with Gasteiger partial charge in [-0.2, -0.15) is 0 Å². The van der Waals surface area contributed by atoms with Crippen molar-refractivity contribution in [3.05, 3.63) is 91.7 Å². The Bertz CT molecular complexity index is 1430. The van der Waals surface area contributed by atoms with E-state index in [2.05, 4.69) is 15.6 Å². The molecule has 1 atom stereocenters. The second kappa shape index (κ2) is 11.9. The van der Waals surface area contributed by atoms with E-state index >= 15 is 0 Å². The highest BCUT2D eigenvalue weighted by atomic mass is 35.5. The van der Waals surface area contributed by atoms with E-state index in [0.717, 1.165) is 10.5 Å². The number of thiazole rings is 1. The summed E-state index contributed by atoms with van der Waals surface area (Å²) >= 11 is 26.9. The molecule has 0 aliphatic rings. The quantitative estimate of drug-likeness (QED) is 0.209. The van der Waals surface area contributed by atoms with Crippen molar-refractivity contribution in [1.29, 1.82) is 0 Å². The Hall–Kier alpha value is -2.26. The third-order valence-corrected chi connectivity index (χ3v) is 7.88. The molecule has 4 aromatic rings. The van der Waals surface area contributed by atoms with Crippen molar-refractivity contribution in [2.45, 2.75) is 17.1 Å². The first kappa shape index (κ1) is 26.8. The van der Waals surface area contributed by atoms with Gasteiger partial charge < -0.3 is 10.6 Å². The molecule has 1 aromatic heterocycles. The van der Waals surface area contributed by atoms with E-state index in [1.54, 1.807) is 42.5 Å². The molecule has 2 N–H and O–H groups in total. The molecule has 0 saturated carbocycles. The molecule has 0 bridgehead atoms. The Morgan fingerprint density at radius 1 is 0.889 bits per heavy atom. The molecule has 0 spiro atoms. The van der Waals surface area contributed by atoms with Crippen LogP contribution in [0.25, 0.3) is 11.3 Å². The Kier molecular flexibility index (Phi) is 8.83. The van der Waals surface area contributed by atoms with Gasteiger partial charge in [-0.25, -0.2) is 4.98 Å². The summed E-state index contributed by atoms with van der Waals surface area (Å²) in [4.78, 5) is 30.5. The predicted molar refractivity (Wildman–Crippen MR) is 152 cm³/mol. The molecule has 36 heavy (non-hydrogen) atoms. The molecule has 0 fully saturated rings. The summed E-state index contributed by atoms with van der Waals surface area (Å²) in [6.45, 7) is 1.81. The number of rotatable bonds is 7. The summed E-state index contributed by atoms with van der Waals surface area (Å²) in [5.41, 5.74) is 2.33. The summed E-state index contributed by atoms with van der Waals surface area (Å²) in [5.74, 6) is -0.523. The maximum atomic E-state index is 12.7. The summed E-state index contributed by atoms with van der Waals surface area (Å²) in [6, 6.07) is 17.1. The zero-order valence-corrected chi connectivity index (χ0v) is 23.2. The zero-order valence-electron chi connectivity index (χ0n) is 18.5. The van der Waals surface area contributed by atoms with Gasteiger partial charge in [-0.3, -0.25) is 9.59 Å². The van der Waals surface area contributed by atoms with Crippen LogP contribution in [0.4, 0.5) is 10.8 Å². The average molecular weight is 597 g/mol. The summed E-state index contributed by atoms with van der Waals surface area (Å²) in [7, 11) is 0. The fourth-order valence-electron chi connectivity index (χ4n) is 3.11. The van der Waals surface area contributed by atoms with Crippen LogP contribution in [0.3, 0.4) is 0 Å². The van der Waals surface area contributed by atoms with Gasteiger partial charge in [0.1, 0.15) is 0 Å². The first-order valence-electron chi connectivity index (χ1n) is 10.4. The maximum Gasteiger partial charge on any atom is 0.257 e. The van der Waals surface area contributed by atoms with Crippen LogP contribution in [0.15, 0.2) is 70.9 Å². The molecule has 5 nitrogen and oxygen atoms in total. The van der Waals surface area contributed by atoms with Crippen molar-refractivity contribution >= 4 is 92.1 Å². The third kappa shape index (κ3) is 6.73. The number of nitrogens with one attached hydrogen (secondary N) is 2. The SMILES string of the molecule is CC(Sc1ccc(NC(=O)c2ccc(Cl)cc2Cl)cc1)C(=O)Nc1nc(-c2ccc(Cl)cc2Cl)cs1. The van der Waals surface area contributed by atoms with Crippen LogP contribution < -0.4 is 10.6 Å². The minimum atomic E-state index is -0.384. The van der Waals surface area contributed by atoms with E-state index in [0.29, 0.717) is 37.1 Å². The topological polar surface area (TPSA) is 71.1 Å². The number of amides is 2. The number of carbonyl (C=O) groups is 2. The number of carbonyl (C=O) groups excluding carboxylic acids is 2. The Labute approximate surface area is 236 Å². The van der Waals surface area contributed by atoms with E-state index in [-0.39, 0.29) is 22.1 Å². The van der Waals surface area contributed by atoms with Crippen molar-refractivity contribution in [1.82, 2.24) is 4.98 Å². The monoisotopic (exact) mass is 595 g/mol. The van der Waals surface area contributed by atoms with Crippen LogP contribution in [0.1, 0.15) is 17.3 Å². The highest BCUT2D eigenvalue weighted by Crippen LogP contribution is 2.33. The first-order valence-corrected chi connectivity index (χ1v) is 13.7. The molecule has 1 unspecified atom stereocenters. The summed E-state index contributed by atoms with van der Waals surface area (Å²) < 4.78 is 0. The minimum Gasteiger partial charge on any atom is -0.322 e. The van der Waals surface area contributed by atoms with Gasteiger partial charge in [0.25, 0.3) is 5.91 Å². The number of hydrogen-bond acceptors (Lipinski definition) is 5. The van der Waals surface area contributed by atoms with Crippen molar-refractivity contribution in [3.8, 4) is 11.3 Å². The van der Waals surface area contributed by atoms with Crippen LogP contribution >= 0.6 is 69.5 Å². The maximum absolute atomic E-state index is 12.7. The average Bonchev–Trinajstić information content (AvgIpc) is 3.28. The third-order valence-electron chi connectivity index (χ3n) is 4.91. The lowest BCUT2D eigenvalue weighted by molar-refractivity contribution is -0.115. The highest BCUT2D eigenvalue weighted by Gasteiger charge is 2.17. The van der Waals surface area contributed by atoms with E-state index in [1.807, 2.05) is 24.4 Å². The van der Waals surface area contributed by atoms with Gasteiger partial charge in [0.2, 0.25) is 5.91 Å². The lowest BCUT2D eigenvalue weighted by atomic mass is 10.2. The Morgan fingerprint density at radius 2 is 1.56 bits per heavy atom. The molecule has 4 rings (SSSR count). The molecule has 184 valence electrons. The minimum absolute atomic E-state index is 0.183. The van der Waals surface area contributed by atoms with Gasteiger partial charge in [0.05, 0.1) is 26.6 Å². The molecule has 0 aliphatic heterocycles. The smallest absolute Gasteiger partial charge is 0.257 e. The van der Waals surface area contributed by atoms with Crippen LogP contribution in [0, 0.1) is 0 Å². The first-order chi connectivity index (χ1) is 17.2. The zero-order chi connectivity index (χ0) is 25.8. The molecule has 3 aromatic carbocycles. The van der Waals surface area contributed by atoms with Crippen LogP contribution in [-0.4, -0.2) is 22.0 Å². The molecule has 0 aliphatic carbocycles. The van der Waals surface area contributed by atoms with E-state index in [9.17, 15) is 9.59 Å². The van der Waals surface area contributed by atoms with Gasteiger partial charge in [0, 0.05) is 31.6 Å². The second-order valence-electron chi connectivity index (χ2n) is 7.51. The predicted octanol–water partition coefficient (Wildman–Crippen LogP) is 8.80. The van der Waals surface area contributed by atoms with Crippen LogP contribution in [-0.2, 0) is 4.79 Å². The molecular weight excluding hydrogens is 580 g/mol. The van der Waals surface area contributed by atoms with Gasteiger partial charge in [-0.15, -0.1) is 23.1 Å². The van der Waals surface area contributed by atoms with Crippen LogP contribution in [0.2, 0.25) is 20.1 Å². The van der Waals surface area contributed by atoms with Gasteiger partial charge in [-0.1, -0.05) is 46.4 Å². The fourth-order valence-corrected chi connectivity index (χ4v) is 5.69.